The highest BCUT2D eigenvalue weighted by Crippen LogP contribution is 2.22. The number of hydrogen-bond donors (Lipinski definition) is 2. The highest BCUT2D eigenvalue weighted by atomic mass is 16.6. The Bertz CT molecular complexity index is 1150. The quantitative estimate of drug-likeness (QED) is 0.260. The van der Waals surface area contributed by atoms with Crippen LogP contribution in [0.15, 0.2) is 78.9 Å². The Balaban J connectivity index is 1.35. The molecule has 0 heterocycles. The molecule has 174 valence electrons. The number of nitro groups is 1. The number of esters is 1. The zero-order valence-corrected chi connectivity index (χ0v) is 17.9. The predicted octanol–water partition coefficient (Wildman–Crippen LogP) is 4.29. The molecule has 0 fully saturated rings. The SMILES string of the molecule is O=C(CCC(=O)OCC(=O)Nc1ccc(Oc2ccccc2)cc1)Nc1ccc([N+](=O)[O-])cc1. The van der Waals surface area contributed by atoms with E-state index in [4.69, 9.17) is 9.47 Å². The Morgan fingerprint density at radius 2 is 1.29 bits per heavy atom. The lowest BCUT2D eigenvalue weighted by molar-refractivity contribution is -0.384. The maximum absolute atomic E-state index is 12.0. The highest BCUT2D eigenvalue weighted by molar-refractivity contribution is 5.94. The third-order valence-electron chi connectivity index (χ3n) is 4.40. The molecular weight excluding hydrogens is 442 g/mol. The van der Waals surface area contributed by atoms with Crippen molar-refractivity contribution in [3.63, 3.8) is 0 Å². The van der Waals surface area contributed by atoms with Crippen molar-refractivity contribution in [2.75, 3.05) is 17.2 Å². The van der Waals surface area contributed by atoms with Gasteiger partial charge in [0.05, 0.1) is 11.3 Å². The van der Waals surface area contributed by atoms with E-state index in [-0.39, 0.29) is 18.5 Å². The molecule has 2 N–H and O–H groups in total. The first-order valence-corrected chi connectivity index (χ1v) is 10.2. The van der Waals surface area contributed by atoms with Gasteiger partial charge in [0.1, 0.15) is 11.5 Å². The molecule has 0 spiro atoms. The van der Waals surface area contributed by atoms with Gasteiger partial charge in [-0.3, -0.25) is 24.5 Å². The summed E-state index contributed by atoms with van der Waals surface area (Å²) < 4.78 is 10.6. The van der Waals surface area contributed by atoms with E-state index in [1.54, 1.807) is 24.3 Å². The summed E-state index contributed by atoms with van der Waals surface area (Å²) in [5.74, 6) is -0.413. The number of benzene rings is 3. The van der Waals surface area contributed by atoms with E-state index in [2.05, 4.69) is 10.6 Å². The number of carbonyl (C=O) groups excluding carboxylic acids is 3. The van der Waals surface area contributed by atoms with Crippen molar-refractivity contribution < 1.29 is 28.8 Å². The second-order valence-electron chi connectivity index (χ2n) is 7.00. The second kappa shape index (κ2) is 11.8. The van der Waals surface area contributed by atoms with Crippen LogP contribution in [0.2, 0.25) is 0 Å². The van der Waals surface area contributed by atoms with E-state index in [0.29, 0.717) is 22.9 Å². The van der Waals surface area contributed by atoms with E-state index in [1.807, 2.05) is 30.3 Å². The third kappa shape index (κ3) is 7.75. The number of carbonyl (C=O) groups is 3. The number of non-ortho nitro benzene ring substituents is 1. The van der Waals surface area contributed by atoms with Gasteiger partial charge in [0.25, 0.3) is 11.6 Å². The fraction of sp³-hybridized carbons (Fsp3) is 0.125. The number of para-hydroxylation sites is 1. The van der Waals surface area contributed by atoms with E-state index >= 15 is 0 Å². The fourth-order valence-corrected chi connectivity index (χ4v) is 2.75. The molecule has 2 amide bonds. The Hall–Kier alpha value is -4.73. The monoisotopic (exact) mass is 463 g/mol. The summed E-state index contributed by atoms with van der Waals surface area (Å²) in [6.45, 7) is -0.495. The van der Waals surface area contributed by atoms with Gasteiger partial charge in [0.15, 0.2) is 6.61 Å². The molecule has 0 radical (unpaired) electrons. The van der Waals surface area contributed by atoms with E-state index in [1.165, 1.54) is 24.3 Å². The van der Waals surface area contributed by atoms with Gasteiger partial charge >= 0.3 is 5.97 Å². The van der Waals surface area contributed by atoms with E-state index < -0.39 is 29.3 Å². The average molecular weight is 463 g/mol. The van der Waals surface area contributed by atoms with Gasteiger partial charge in [0, 0.05) is 29.9 Å². The maximum Gasteiger partial charge on any atom is 0.306 e. The Kier molecular flexibility index (Phi) is 8.28. The summed E-state index contributed by atoms with van der Waals surface area (Å²) in [7, 11) is 0. The summed E-state index contributed by atoms with van der Waals surface area (Å²) in [4.78, 5) is 45.8. The zero-order valence-electron chi connectivity index (χ0n) is 17.9. The van der Waals surface area contributed by atoms with Crippen LogP contribution in [0.1, 0.15) is 12.8 Å². The van der Waals surface area contributed by atoms with Crippen LogP contribution in [0.25, 0.3) is 0 Å². The van der Waals surface area contributed by atoms with Crippen LogP contribution in [0.4, 0.5) is 17.1 Å². The zero-order chi connectivity index (χ0) is 24.3. The number of anilines is 2. The van der Waals surface area contributed by atoms with Crippen molar-refractivity contribution in [2.45, 2.75) is 12.8 Å². The molecule has 3 aromatic carbocycles. The summed E-state index contributed by atoms with van der Waals surface area (Å²) in [6, 6.07) is 21.2. The van der Waals surface area contributed by atoms with Crippen LogP contribution in [0.3, 0.4) is 0 Å². The maximum atomic E-state index is 12.0. The van der Waals surface area contributed by atoms with Crippen LogP contribution in [-0.2, 0) is 19.1 Å². The Morgan fingerprint density at radius 3 is 1.91 bits per heavy atom. The molecule has 3 rings (SSSR count). The number of nitrogens with zero attached hydrogens (tertiary/aromatic N) is 1. The summed E-state index contributed by atoms with van der Waals surface area (Å²) in [6.07, 6.45) is -0.391. The molecule has 0 saturated carbocycles. The second-order valence-corrected chi connectivity index (χ2v) is 7.00. The first-order chi connectivity index (χ1) is 16.4. The molecule has 3 aromatic rings. The first kappa shape index (κ1) is 23.9. The van der Waals surface area contributed by atoms with E-state index in [0.717, 1.165) is 0 Å². The Labute approximate surface area is 194 Å². The lowest BCUT2D eigenvalue weighted by Gasteiger charge is -2.09. The van der Waals surface area contributed by atoms with Crippen molar-refractivity contribution in [3.8, 4) is 11.5 Å². The summed E-state index contributed by atoms with van der Waals surface area (Å²) >= 11 is 0. The van der Waals surface area contributed by atoms with Crippen molar-refractivity contribution in [3.05, 3.63) is 89.0 Å². The molecular formula is C24H21N3O7. The van der Waals surface area contributed by atoms with Crippen molar-refractivity contribution in [1.29, 1.82) is 0 Å². The minimum absolute atomic E-state index is 0.101. The van der Waals surface area contributed by atoms with Crippen LogP contribution in [0.5, 0.6) is 11.5 Å². The molecule has 10 heteroatoms. The van der Waals surface area contributed by atoms with Gasteiger partial charge in [-0.1, -0.05) is 18.2 Å². The molecule has 0 aliphatic carbocycles. The number of ether oxygens (including phenoxy) is 2. The van der Waals surface area contributed by atoms with E-state index in [9.17, 15) is 24.5 Å². The molecule has 0 aliphatic rings. The average Bonchev–Trinajstić information content (AvgIpc) is 2.83. The lowest BCUT2D eigenvalue weighted by atomic mass is 10.2. The fourth-order valence-electron chi connectivity index (χ4n) is 2.75. The van der Waals surface area contributed by atoms with Gasteiger partial charge < -0.3 is 20.1 Å². The molecule has 0 unspecified atom stereocenters. The van der Waals surface area contributed by atoms with Gasteiger partial charge in [-0.25, -0.2) is 0 Å². The standard InChI is InChI=1S/C24H21N3O7/c28-22(25-17-6-10-19(11-7-17)27(31)32)14-15-24(30)33-16-23(29)26-18-8-12-21(13-9-18)34-20-4-2-1-3-5-20/h1-13H,14-16H2,(H,25,28)(H,26,29). The molecule has 0 aliphatic heterocycles. The molecule has 0 atom stereocenters. The topological polar surface area (TPSA) is 137 Å². The van der Waals surface area contributed by atoms with Gasteiger partial charge in [-0.05, 0) is 48.5 Å². The number of hydrogen-bond acceptors (Lipinski definition) is 7. The van der Waals surface area contributed by atoms with Crippen molar-refractivity contribution in [1.82, 2.24) is 0 Å². The van der Waals surface area contributed by atoms with Crippen LogP contribution in [-0.4, -0.2) is 29.3 Å². The van der Waals surface area contributed by atoms with Crippen LogP contribution < -0.4 is 15.4 Å². The molecule has 34 heavy (non-hydrogen) atoms. The number of amides is 2. The van der Waals surface area contributed by atoms with Crippen LogP contribution >= 0.6 is 0 Å². The molecule has 0 saturated heterocycles. The summed E-state index contributed by atoms with van der Waals surface area (Å²) in [5, 5.41) is 15.8. The van der Waals surface area contributed by atoms with Crippen molar-refractivity contribution in [2.24, 2.45) is 0 Å². The minimum Gasteiger partial charge on any atom is -0.457 e. The first-order valence-electron chi connectivity index (χ1n) is 10.2. The smallest absolute Gasteiger partial charge is 0.306 e. The van der Waals surface area contributed by atoms with Crippen LogP contribution in [0, 0.1) is 10.1 Å². The Morgan fingerprint density at radius 1 is 0.735 bits per heavy atom. The lowest BCUT2D eigenvalue weighted by Crippen LogP contribution is -2.21. The third-order valence-corrected chi connectivity index (χ3v) is 4.40. The summed E-state index contributed by atoms with van der Waals surface area (Å²) in [5.41, 5.74) is 0.767. The predicted molar refractivity (Wildman–Crippen MR) is 124 cm³/mol. The number of nitro benzene ring substituents is 1. The normalized spacial score (nSPS) is 10.1. The van der Waals surface area contributed by atoms with Gasteiger partial charge in [-0.15, -0.1) is 0 Å². The number of nitrogens with one attached hydrogen (secondary N) is 2. The number of rotatable bonds is 10. The largest absolute Gasteiger partial charge is 0.457 e. The van der Waals surface area contributed by atoms with Gasteiger partial charge in [0.2, 0.25) is 5.91 Å². The minimum atomic E-state index is -0.708. The molecule has 0 bridgehead atoms. The molecule has 10 nitrogen and oxygen atoms in total. The highest BCUT2D eigenvalue weighted by Gasteiger charge is 2.12. The van der Waals surface area contributed by atoms with Gasteiger partial charge in [-0.2, -0.15) is 0 Å². The molecule has 0 aromatic heterocycles. The van der Waals surface area contributed by atoms with Crippen molar-refractivity contribution >= 4 is 34.8 Å².